The highest BCUT2D eigenvalue weighted by Gasteiger charge is 2.02. The lowest BCUT2D eigenvalue weighted by molar-refractivity contribution is 0.0600. The van der Waals surface area contributed by atoms with E-state index in [1.54, 1.807) is 12.1 Å². The van der Waals surface area contributed by atoms with E-state index >= 15 is 0 Å². The summed E-state index contributed by atoms with van der Waals surface area (Å²) in [5.41, 5.74) is 2.67. The van der Waals surface area contributed by atoms with Crippen LogP contribution in [0.3, 0.4) is 0 Å². The van der Waals surface area contributed by atoms with Crippen LogP contribution in [-0.4, -0.2) is 19.7 Å². The molecule has 0 radical (unpaired) electrons. The highest BCUT2D eigenvalue weighted by molar-refractivity contribution is 5.89. The molecule has 2 aromatic rings. The molecule has 0 spiro atoms. The summed E-state index contributed by atoms with van der Waals surface area (Å²) in [5, 5.41) is 0. The van der Waals surface area contributed by atoms with Crippen molar-refractivity contribution in [2.45, 2.75) is 6.92 Å². The minimum Gasteiger partial charge on any atom is -0.494 e. The van der Waals surface area contributed by atoms with Gasteiger partial charge in [-0.3, -0.25) is 0 Å². The Balaban J connectivity index is 2.05. The number of carbonyl (C=O) groups excluding carboxylic acids is 1. The monoisotopic (exact) mass is 282 g/mol. The van der Waals surface area contributed by atoms with Gasteiger partial charge in [0, 0.05) is 0 Å². The van der Waals surface area contributed by atoms with Crippen molar-refractivity contribution >= 4 is 18.1 Å². The summed E-state index contributed by atoms with van der Waals surface area (Å²) in [7, 11) is 1.38. The number of hydrogen-bond acceptors (Lipinski definition) is 3. The van der Waals surface area contributed by atoms with Crippen LogP contribution in [0.2, 0.25) is 0 Å². The van der Waals surface area contributed by atoms with Gasteiger partial charge < -0.3 is 9.47 Å². The Bertz CT molecular complexity index is 610. The molecule has 0 bridgehead atoms. The van der Waals surface area contributed by atoms with Crippen molar-refractivity contribution in [1.82, 2.24) is 0 Å². The molecule has 0 aliphatic heterocycles. The van der Waals surface area contributed by atoms with Crippen LogP contribution in [0.15, 0.2) is 48.5 Å². The molecular formula is C18H18O3. The van der Waals surface area contributed by atoms with Crippen molar-refractivity contribution in [1.29, 1.82) is 0 Å². The molecule has 3 heteroatoms. The Morgan fingerprint density at radius 1 is 0.952 bits per heavy atom. The second-order valence-corrected chi connectivity index (χ2v) is 4.45. The number of rotatable bonds is 5. The lowest BCUT2D eigenvalue weighted by atomic mass is 10.1. The average molecular weight is 282 g/mol. The van der Waals surface area contributed by atoms with E-state index in [1.807, 2.05) is 55.5 Å². The van der Waals surface area contributed by atoms with Crippen LogP contribution >= 0.6 is 0 Å². The number of carbonyl (C=O) groups is 1. The van der Waals surface area contributed by atoms with Gasteiger partial charge in [0.1, 0.15) is 5.75 Å². The molecular weight excluding hydrogens is 264 g/mol. The number of esters is 1. The molecule has 0 aliphatic rings. The molecule has 0 saturated heterocycles. The number of ether oxygens (including phenoxy) is 2. The quantitative estimate of drug-likeness (QED) is 0.613. The van der Waals surface area contributed by atoms with Gasteiger partial charge in [-0.05, 0) is 42.3 Å². The zero-order chi connectivity index (χ0) is 15.1. The summed E-state index contributed by atoms with van der Waals surface area (Å²) >= 11 is 0. The van der Waals surface area contributed by atoms with Crippen molar-refractivity contribution < 1.29 is 14.3 Å². The van der Waals surface area contributed by atoms with Crippen LogP contribution < -0.4 is 4.74 Å². The number of methoxy groups -OCH3 is 1. The van der Waals surface area contributed by atoms with Gasteiger partial charge in [0.25, 0.3) is 0 Å². The minimum absolute atomic E-state index is 0.322. The summed E-state index contributed by atoms with van der Waals surface area (Å²) < 4.78 is 10.1. The molecule has 3 nitrogen and oxygen atoms in total. The second-order valence-electron chi connectivity index (χ2n) is 4.45. The smallest absolute Gasteiger partial charge is 0.337 e. The third-order valence-electron chi connectivity index (χ3n) is 2.99. The van der Waals surface area contributed by atoms with Crippen molar-refractivity contribution in [2.24, 2.45) is 0 Å². The van der Waals surface area contributed by atoms with Crippen molar-refractivity contribution in [3.8, 4) is 5.75 Å². The molecule has 21 heavy (non-hydrogen) atoms. The van der Waals surface area contributed by atoms with Gasteiger partial charge >= 0.3 is 5.97 Å². The Morgan fingerprint density at radius 3 is 1.95 bits per heavy atom. The van der Waals surface area contributed by atoms with Crippen LogP contribution in [0.4, 0.5) is 0 Å². The predicted octanol–water partition coefficient (Wildman–Crippen LogP) is 4.04. The number of hydrogen-bond donors (Lipinski definition) is 0. The van der Waals surface area contributed by atoms with Gasteiger partial charge in [-0.1, -0.05) is 36.4 Å². The minimum atomic E-state index is -0.322. The van der Waals surface area contributed by atoms with Crippen LogP contribution in [0.25, 0.3) is 12.2 Å². The Hall–Kier alpha value is -2.55. The van der Waals surface area contributed by atoms with Gasteiger partial charge in [-0.25, -0.2) is 4.79 Å². The molecule has 108 valence electrons. The summed E-state index contributed by atoms with van der Waals surface area (Å²) in [4.78, 5) is 11.3. The maximum absolute atomic E-state index is 11.3. The van der Waals surface area contributed by atoms with Crippen molar-refractivity contribution in [3.05, 3.63) is 65.2 Å². The maximum Gasteiger partial charge on any atom is 0.337 e. The normalized spacial score (nSPS) is 10.6. The SMILES string of the molecule is CCOc1ccc(/C=C/c2ccc(C(=O)OC)cc2)cc1. The largest absolute Gasteiger partial charge is 0.494 e. The molecule has 0 atom stereocenters. The molecule has 0 N–H and O–H groups in total. The van der Waals surface area contributed by atoms with E-state index in [9.17, 15) is 4.79 Å². The molecule has 2 rings (SSSR count). The zero-order valence-electron chi connectivity index (χ0n) is 12.2. The van der Waals surface area contributed by atoms with Gasteiger partial charge in [0.05, 0.1) is 19.3 Å². The Kier molecular flexibility index (Phi) is 5.16. The van der Waals surface area contributed by atoms with Gasteiger partial charge in [-0.15, -0.1) is 0 Å². The summed E-state index contributed by atoms with van der Waals surface area (Å²) in [5.74, 6) is 0.550. The molecule has 0 aromatic heterocycles. The standard InChI is InChI=1S/C18H18O3/c1-3-21-17-12-8-15(9-13-17)5-4-14-6-10-16(11-7-14)18(19)20-2/h4-13H,3H2,1-2H3/b5-4+. The van der Waals surface area contributed by atoms with E-state index in [0.717, 1.165) is 16.9 Å². The highest BCUT2D eigenvalue weighted by Crippen LogP contribution is 2.15. The topological polar surface area (TPSA) is 35.5 Å². The summed E-state index contributed by atoms with van der Waals surface area (Å²) in [6.07, 6.45) is 4.01. The summed E-state index contributed by atoms with van der Waals surface area (Å²) in [6.45, 7) is 2.63. The third kappa shape index (κ3) is 4.21. The fourth-order valence-corrected chi connectivity index (χ4v) is 1.88. The first kappa shape index (κ1) is 14.9. The third-order valence-corrected chi connectivity index (χ3v) is 2.99. The molecule has 0 aliphatic carbocycles. The first-order valence-corrected chi connectivity index (χ1v) is 6.82. The van der Waals surface area contributed by atoms with E-state index < -0.39 is 0 Å². The van der Waals surface area contributed by atoms with Crippen LogP contribution in [0.1, 0.15) is 28.4 Å². The predicted molar refractivity (Wildman–Crippen MR) is 84.3 cm³/mol. The fourth-order valence-electron chi connectivity index (χ4n) is 1.88. The van der Waals surface area contributed by atoms with Crippen LogP contribution in [0, 0.1) is 0 Å². The van der Waals surface area contributed by atoms with Gasteiger partial charge in [0.2, 0.25) is 0 Å². The van der Waals surface area contributed by atoms with E-state index in [4.69, 9.17) is 4.74 Å². The van der Waals surface area contributed by atoms with E-state index in [0.29, 0.717) is 12.2 Å². The van der Waals surface area contributed by atoms with E-state index in [1.165, 1.54) is 7.11 Å². The van der Waals surface area contributed by atoms with Crippen molar-refractivity contribution in [3.63, 3.8) is 0 Å². The maximum atomic E-state index is 11.3. The summed E-state index contributed by atoms with van der Waals surface area (Å²) in [6, 6.07) is 15.2. The van der Waals surface area contributed by atoms with Crippen LogP contribution in [0.5, 0.6) is 5.75 Å². The van der Waals surface area contributed by atoms with Gasteiger partial charge in [-0.2, -0.15) is 0 Å². The zero-order valence-corrected chi connectivity index (χ0v) is 12.2. The molecule has 0 saturated carbocycles. The first-order chi connectivity index (χ1) is 10.2. The average Bonchev–Trinajstić information content (AvgIpc) is 2.54. The van der Waals surface area contributed by atoms with Crippen LogP contribution in [-0.2, 0) is 4.74 Å². The lowest BCUT2D eigenvalue weighted by Crippen LogP contribution is -2.00. The highest BCUT2D eigenvalue weighted by atomic mass is 16.5. The van der Waals surface area contributed by atoms with Gasteiger partial charge in [0.15, 0.2) is 0 Å². The molecule has 0 fully saturated rings. The fraction of sp³-hybridized carbons (Fsp3) is 0.167. The Labute approximate surface area is 124 Å². The first-order valence-electron chi connectivity index (χ1n) is 6.82. The van der Waals surface area contributed by atoms with E-state index in [-0.39, 0.29) is 5.97 Å². The van der Waals surface area contributed by atoms with E-state index in [2.05, 4.69) is 4.74 Å². The number of benzene rings is 2. The molecule has 0 heterocycles. The van der Waals surface area contributed by atoms with Crippen molar-refractivity contribution in [2.75, 3.05) is 13.7 Å². The lowest BCUT2D eigenvalue weighted by Gasteiger charge is -2.02. The molecule has 0 unspecified atom stereocenters. The Morgan fingerprint density at radius 2 is 1.48 bits per heavy atom. The second kappa shape index (κ2) is 7.29. The molecule has 2 aromatic carbocycles. The molecule has 0 amide bonds.